The van der Waals surface area contributed by atoms with Crippen LogP contribution in [0.2, 0.25) is 0 Å². The predicted octanol–water partition coefficient (Wildman–Crippen LogP) is 2.91. The summed E-state index contributed by atoms with van der Waals surface area (Å²) in [7, 11) is 0. The first-order valence-electron chi connectivity index (χ1n) is 9.28. The third-order valence-electron chi connectivity index (χ3n) is 5.43. The van der Waals surface area contributed by atoms with Gasteiger partial charge in [-0.25, -0.2) is 4.79 Å². The summed E-state index contributed by atoms with van der Waals surface area (Å²) in [6.45, 7) is 6.97. The Bertz CT molecular complexity index is 765. The molecule has 2 atom stereocenters. The molecule has 0 radical (unpaired) electrons. The van der Waals surface area contributed by atoms with Gasteiger partial charge in [-0.1, -0.05) is 20.8 Å². The van der Waals surface area contributed by atoms with Crippen molar-refractivity contribution in [1.82, 2.24) is 4.90 Å². The number of ether oxygens (including phenoxy) is 2. The molecular weight excluding hydrogens is 344 g/mol. The van der Waals surface area contributed by atoms with E-state index in [1.807, 2.05) is 11.0 Å². The van der Waals surface area contributed by atoms with Crippen LogP contribution in [0.1, 0.15) is 45.6 Å². The van der Waals surface area contributed by atoms with Gasteiger partial charge in [0.25, 0.3) is 5.91 Å². The highest BCUT2D eigenvalue weighted by molar-refractivity contribution is 5.81. The normalized spacial score (nSPS) is 25.6. The van der Waals surface area contributed by atoms with Gasteiger partial charge in [-0.3, -0.25) is 4.79 Å². The van der Waals surface area contributed by atoms with Crippen molar-refractivity contribution in [3.05, 3.63) is 29.8 Å². The first kappa shape index (κ1) is 19.2. The van der Waals surface area contributed by atoms with Crippen molar-refractivity contribution < 1.29 is 19.1 Å². The molecule has 1 amide bonds. The number of carbonyl (C=O) groups is 2. The predicted molar refractivity (Wildman–Crippen MR) is 98.9 cm³/mol. The summed E-state index contributed by atoms with van der Waals surface area (Å²) in [5, 5.41) is 8.76. The molecule has 2 fully saturated rings. The van der Waals surface area contributed by atoms with Gasteiger partial charge in [-0.05, 0) is 54.4 Å². The van der Waals surface area contributed by atoms with E-state index in [2.05, 4.69) is 20.8 Å². The van der Waals surface area contributed by atoms with Crippen molar-refractivity contribution in [3.63, 3.8) is 0 Å². The number of likely N-dealkylation sites (tertiary alicyclic amines) is 1. The number of fused-ring (bicyclic) bond motifs is 2. The summed E-state index contributed by atoms with van der Waals surface area (Å²) in [6.07, 6.45) is 3.13. The molecule has 1 saturated carbocycles. The first-order chi connectivity index (χ1) is 12.7. The van der Waals surface area contributed by atoms with E-state index < -0.39 is 5.97 Å². The Balaban J connectivity index is 1.46. The van der Waals surface area contributed by atoms with Gasteiger partial charge in [0.05, 0.1) is 11.6 Å². The van der Waals surface area contributed by atoms with Gasteiger partial charge in [-0.2, -0.15) is 5.26 Å². The number of nitriles is 1. The van der Waals surface area contributed by atoms with E-state index in [4.69, 9.17) is 14.7 Å². The van der Waals surface area contributed by atoms with Crippen molar-refractivity contribution in [2.45, 2.75) is 46.1 Å². The highest BCUT2D eigenvalue weighted by atomic mass is 16.6. The smallest absolute Gasteiger partial charge is 0.344 e. The van der Waals surface area contributed by atoms with Crippen molar-refractivity contribution in [1.29, 1.82) is 5.26 Å². The van der Waals surface area contributed by atoms with Crippen LogP contribution in [-0.2, 0) is 14.3 Å². The third kappa shape index (κ3) is 4.60. The van der Waals surface area contributed by atoms with Gasteiger partial charge in [0, 0.05) is 12.6 Å². The highest BCUT2D eigenvalue weighted by Gasteiger charge is 2.50. The molecule has 1 aliphatic heterocycles. The number of hydrogen-bond donors (Lipinski definition) is 0. The topological polar surface area (TPSA) is 79.6 Å². The number of amides is 1. The maximum Gasteiger partial charge on any atom is 0.344 e. The Morgan fingerprint density at radius 3 is 2.56 bits per heavy atom. The summed E-state index contributed by atoms with van der Waals surface area (Å²) in [4.78, 5) is 26.3. The maximum absolute atomic E-state index is 12.6. The zero-order valence-corrected chi connectivity index (χ0v) is 16.2. The average molecular weight is 370 g/mol. The van der Waals surface area contributed by atoms with Gasteiger partial charge in [0.15, 0.2) is 13.2 Å². The Kier molecular flexibility index (Phi) is 5.14. The van der Waals surface area contributed by atoms with Gasteiger partial charge in [-0.15, -0.1) is 0 Å². The Labute approximate surface area is 160 Å². The first-order valence-corrected chi connectivity index (χ1v) is 9.28. The van der Waals surface area contributed by atoms with E-state index in [1.165, 1.54) is 0 Å². The molecule has 1 saturated heterocycles. The molecule has 144 valence electrons. The lowest BCUT2D eigenvalue weighted by molar-refractivity contribution is -0.154. The minimum absolute atomic E-state index is 0.131. The van der Waals surface area contributed by atoms with Crippen LogP contribution in [0.25, 0.3) is 0 Å². The molecule has 0 N–H and O–H groups in total. The zero-order chi connectivity index (χ0) is 19.7. The molecule has 2 bridgehead atoms. The van der Waals surface area contributed by atoms with Gasteiger partial charge in [0.1, 0.15) is 5.75 Å². The SMILES string of the molecule is CC1(C)C[C@@H]2C[C@@](C)(CN2C(=O)COC(=O)COc2ccc(C#N)cc2)C1. The molecule has 1 aromatic rings. The minimum atomic E-state index is -0.582. The maximum atomic E-state index is 12.6. The van der Waals surface area contributed by atoms with Crippen LogP contribution in [0.3, 0.4) is 0 Å². The fourth-order valence-electron chi connectivity index (χ4n) is 4.79. The lowest BCUT2D eigenvalue weighted by atomic mass is 9.65. The summed E-state index contributed by atoms with van der Waals surface area (Å²) in [5.41, 5.74) is 0.909. The van der Waals surface area contributed by atoms with Crippen molar-refractivity contribution >= 4 is 11.9 Å². The number of benzene rings is 1. The second-order valence-corrected chi connectivity index (χ2v) is 8.82. The van der Waals surface area contributed by atoms with E-state index in [0.29, 0.717) is 11.3 Å². The Morgan fingerprint density at radius 2 is 1.89 bits per heavy atom. The lowest BCUT2D eigenvalue weighted by Crippen LogP contribution is -2.40. The molecule has 1 aliphatic carbocycles. The lowest BCUT2D eigenvalue weighted by Gasteiger charge is -2.39. The number of hydrogen-bond acceptors (Lipinski definition) is 5. The van der Waals surface area contributed by atoms with Crippen LogP contribution >= 0.6 is 0 Å². The van der Waals surface area contributed by atoms with E-state index in [0.717, 1.165) is 25.8 Å². The number of nitrogens with zero attached hydrogens (tertiary/aromatic N) is 2. The fraction of sp³-hybridized carbons (Fsp3) is 0.571. The molecule has 27 heavy (non-hydrogen) atoms. The minimum Gasteiger partial charge on any atom is -0.482 e. The standard InChI is InChI=1S/C21H26N2O4/c1-20(2)8-16-9-21(3,13-20)14-23(16)18(24)11-27-19(25)12-26-17-6-4-15(10-22)5-7-17/h4-7,16H,8-9,11-14H2,1-3H3/t16-,21-/m1/s1. The van der Waals surface area contributed by atoms with E-state index in [1.54, 1.807) is 24.3 Å². The summed E-state index contributed by atoms with van der Waals surface area (Å²) < 4.78 is 10.4. The molecule has 0 unspecified atom stereocenters. The van der Waals surface area contributed by atoms with Crippen LogP contribution in [0.15, 0.2) is 24.3 Å². The number of rotatable bonds is 5. The Hall–Kier alpha value is -2.55. The van der Waals surface area contributed by atoms with E-state index in [9.17, 15) is 9.59 Å². The van der Waals surface area contributed by atoms with Gasteiger partial charge in [0.2, 0.25) is 0 Å². The van der Waals surface area contributed by atoms with Crippen LogP contribution in [0.4, 0.5) is 0 Å². The van der Waals surface area contributed by atoms with Crippen LogP contribution in [0, 0.1) is 22.2 Å². The van der Waals surface area contributed by atoms with Crippen LogP contribution < -0.4 is 4.74 Å². The summed E-state index contributed by atoms with van der Waals surface area (Å²) in [6, 6.07) is 8.70. The number of esters is 1. The van der Waals surface area contributed by atoms with Gasteiger partial charge >= 0.3 is 5.97 Å². The largest absolute Gasteiger partial charge is 0.482 e. The van der Waals surface area contributed by atoms with E-state index in [-0.39, 0.29) is 36.0 Å². The highest BCUT2D eigenvalue weighted by Crippen LogP contribution is 2.52. The third-order valence-corrected chi connectivity index (χ3v) is 5.43. The Morgan fingerprint density at radius 1 is 1.19 bits per heavy atom. The average Bonchev–Trinajstić information content (AvgIpc) is 2.87. The molecular formula is C21H26N2O4. The van der Waals surface area contributed by atoms with Crippen molar-refractivity contribution in [3.8, 4) is 11.8 Å². The fourth-order valence-corrected chi connectivity index (χ4v) is 4.79. The summed E-state index contributed by atoms with van der Waals surface area (Å²) in [5.74, 6) is -0.240. The molecule has 0 spiro atoms. The molecule has 6 heteroatoms. The second-order valence-electron chi connectivity index (χ2n) is 8.82. The molecule has 1 heterocycles. The molecule has 6 nitrogen and oxygen atoms in total. The van der Waals surface area contributed by atoms with Crippen LogP contribution in [-0.4, -0.2) is 42.6 Å². The molecule has 0 aromatic heterocycles. The zero-order valence-electron chi connectivity index (χ0n) is 16.2. The second kappa shape index (κ2) is 7.22. The monoisotopic (exact) mass is 370 g/mol. The number of carbonyl (C=O) groups excluding carboxylic acids is 2. The van der Waals surface area contributed by atoms with Crippen molar-refractivity contribution in [2.24, 2.45) is 10.8 Å². The molecule has 2 aliphatic rings. The quantitative estimate of drug-likeness (QED) is 0.745. The van der Waals surface area contributed by atoms with E-state index >= 15 is 0 Å². The summed E-state index contributed by atoms with van der Waals surface area (Å²) >= 11 is 0. The molecule has 3 rings (SSSR count). The molecule has 1 aromatic carbocycles. The van der Waals surface area contributed by atoms with Crippen LogP contribution in [0.5, 0.6) is 5.75 Å². The van der Waals surface area contributed by atoms with Gasteiger partial charge < -0.3 is 14.4 Å². The van der Waals surface area contributed by atoms with Crippen molar-refractivity contribution in [2.75, 3.05) is 19.8 Å².